The molecule has 6 heteroatoms. The van der Waals surface area contributed by atoms with Gasteiger partial charge < -0.3 is 0 Å². The predicted molar refractivity (Wildman–Crippen MR) is 89.4 cm³/mol. The van der Waals surface area contributed by atoms with Gasteiger partial charge in [-0.1, -0.05) is 38.1 Å². The van der Waals surface area contributed by atoms with E-state index in [1.165, 1.54) is 18.2 Å². The van der Waals surface area contributed by atoms with Gasteiger partial charge in [0.25, 0.3) is 17.5 Å². The van der Waals surface area contributed by atoms with Crippen molar-refractivity contribution in [3.05, 3.63) is 68.8 Å². The molecule has 1 heterocycles. The lowest BCUT2D eigenvalue weighted by Crippen LogP contribution is -2.31. The maximum atomic E-state index is 12.9. The molecule has 0 N–H and O–H groups in total. The van der Waals surface area contributed by atoms with Gasteiger partial charge in [-0.05, 0) is 30.0 Å². The van der Waals surface area contributed by atoms with Crippen molar-refractivity contribution in [2.75, 3.05) is 4.90 Å². The van der Waals surface area contributed by atoms with Gasteiger partial charge in [0.05, 0.1) is 16.2 Å². The second-order valence-electron chi connectivity index (χ2n) is 5.53. The van der Waals surface area contributed by atoms with Gasteiger partial charge in [-0.15, -0.1) is 0 Å². The molecule has 0 radical (unpaired) electrons. The topological polar surface area (TPSA) is 80.5 Å². The second-order valence-corrected chi connectivity index (χ2v) is 5.53. The van der Waals surface area contributed by atoms with Gasteiger partial charge in [-0.2, -0.15) is 0 Å². The zero-order chi connectivity index (χ0) is 17.4. The summed E-state index contributed by atoms with van der Waals surface area (Å²) >= 11 is 0. The molecule has 1 aliphatic heterocycles. The highest BCUT2D eigenvalue weighted by Gasteiger charge is 2.42. The Bertz CT molecular complexity index is 851. The van der Waals surface area contributed by atoms with Gasteiger partial charge in [-0.25, -0.2) is 4.90 Å². The number of nitro benzene ring substituents is 1. The summed E-state index contributed by atoms with van der Waals surface area (Å²) in [7, 11) is 0. The Balaban J connectivity index is 2.24. The fourth-order valence-electron chi connectivity index (χ4n) is 3.13. The molecule has 0 unspecified atom stereocenters. The van der Waals surface area contributed by atoms with Crippen LogP contribution in [0, 0.1) is 10.1 Å². The highest BCUT2D eigenvalue weighted by atomic mass is 16.6. The molecule has 1 aliphatic rings. The van der Waals surface area contributed by atoms with Crippen LogP contribution >= 0.6 is 0 Å². The molecule has 3 rings (SSSR count). The molecule has 0 spiro atoms. The van der Waals surface area contributed by atoms with E-state index in [0.717, 1.165) is 16.0 Å². The summed E-state index contributed by atoms with van der Waals surface area (Å²) in [6.07, 6.45) is 1.30. The van der Waals surface area contributed by atoms with Crippen LogP contribution in [0.25, 0.3) is 0 Å². The molecular weight excluding hydrogens is 308 g/mol. The normalized spacial score (nSPS) is 13.3. The molecule has 0 fully saturated rings. The molecule has 0 saturated carbocycles. The van der Waals surface area contributed by atoms with Crippen LogP contribution in [-0.2, 0) is 12.8 Å². The molecule has 2 aromatic rings. The Morgan fingerprint density at radius 1 is 0.958 bits per heavy atom. The summed E-state index contributed by atoms with van der Waals surface area (Å²) < 4.78 is 0. The number of carbonyl (C=O) groups excluding carboxylic acids is 2. The van der Waals surface area contributed by atoms with Gasteiger partial charge in [0.1, 0.15) is 5.56 Å². The van der Waals surface area contributed by atoms with Crippen LogP contribution in [0.3, 0.4) is 0 Å². The van der Waals surface area contributed by atoms with Crippen LogP contribution in [0.4, 0.5) is 11.4 Å². The van der Waals surface area contributed by atoms with Crippen LogP contribution in [-0.4, -0.2) is 16.7 Å². The maximum Gasteiger partial charge on any atom is 0.283 e. The third kappa shape index (κ3) is 2.19. The first-order valence-corrected chi connectivity index (χ1v) is 7.78. The zero-order valence-corrected chi connectivity index (χ0v) is 13.4. The first kappa shape index (κ1) is 15.9. The van der Waals surface area contributed by atoms with Gasteiger partial charge in [0, 0.05) is 6.07 Å². The highest BCUT2D eigenvalue weighted by molar-refractivity contribution is 6.36. The van der Waals surface area contributed by atoms with Crippen LogP contribution < -0.4 is 4.90 Å². The second kappa shape index (κ2) is 5.88. The molecule has 24 heavy (non-hydrogen) atoms. The van der Waals surface area contributed by atoms with Crippen molar-refractivity contribution >= 4 is 23.2 Å². The zero-order valence-electron chi connectivity index (χ0n) is 13.4. The lowest BCUT2D eigenvalue weighted by atomic mass is 10.0. The van der Waals surface area contributed by atoms with E-state index in [4.69, 9.17) is 0 Å². The van der Waals surface area contributed by atoms with Crippen LogP contribution in [0.15, 0.2) is 36.4 Å². The van der Waals surface area contributed by atoms with Crippen molar-refractivity contribution in [1.82, 2.24) is 0 Å². The van der Waals surface area contributed by atoms with Crippen molar-refractivity contribution in [3.8, 4) is 0 Å². The number of nitro groups is 1. The Labute approximate surface area is 138 Å². The lowest BCUT2D eigenvalue weighted by Gasteiger charge is -2.21. The molecule has 0 aromatic heterocycles. The minimum absolute atomic E-state index is 0.0853. The molecule has 0 bridgehead atoms. The SMILES string of the molecule is CCc1cccc(CC)c1N1C(=O)c2cccc([N+](=O)[O-])c2C1=O. The van der Waals surface area contributed by atoms with Crippen molar-refractivity contribution in [2.24, 2.45) is 0 Å². The number of fused-ring (bicyclic) bond motifs is 1. The van der Waals surface area contributed by atoms with E-state index in [9.17, 15) is 19.7 Å². The third-order valence-electron chi connectivity index (χ3n) is 4.28. The standard InChI is InChI=1S/C18H16N2O4/c1-3-11-7-5-8-12(4-2)16(11)19-17(21)13-9-6-10-14(20(23)24)15(13)18(19)22/h5-10H,3-4H2,1-2H3. The summed E-state index contributed by atoms with van der Waals surface area (Å²) in [5.74, 6) is -1.13. The van der Waals surface area contributed by atoms with E-state index in [-0.39, 0.29) is 16.8 Å². The molecule has 122 valence electrons. The Morgan fingerprint density at radius 2 is 1.54 bits per heavy atom. The monoisotopic (exact) mass is 324 g/mol. The first-order valence-electron chi connectivity index (χ1n) is 7.78. The van der Waals surface area contributed by atoms with Crippen molar-refractivity contribution in [3.63, 3.8) is 0 Å². The third-order valence-corrected chi connectivity index (χ3v) is 4.28. The number of anilines is 1. The van der Waals surface area contributed by atoms with Crippen molar-refractivity contribution in [1.29, 1.82) is 0 Å². The molecule has 0 atom stereocenters. The van der Waals surface area contributed by atoms with Gasteiger partial charge in [0.2, 0.25) is 0 Å². The lowest BCUT2D eigenvalue weighted by molar-refractivity contribution is -0.385. The molecule has 2 amide bonds. The Morgan fingerprint density at radius 3 is 2.08 bits per heavy atom. The van der Waals surface area contributed by atoms with Crippen molar-refractivity contribution < 1.29 is 14.5 Å². The quantitative estimate of drug-likeness (QED) is 0.489. The van der Waals surface area contributed by atoms with Gasteiger partial charge in [0.15, 0.2) is 0 Å². The van der Waals surface area contributed by atoms with Crippen molar-refractivity contribution in [2.45, 2.75) is 26.7 Å². The average Bonchev–Trinajstić information content (AvgIpc) is 2.85. The number of nitrogens with zero attached hydrogens (tertiary/aromatic N) is 2. The van der Waals surface area contributed by atoms with E-state index in [1.807, 2.05) is 32.0 Å². The number of hydrogen-bond donors (Lipinski definition) is 0. The summed E-state index contributed by atoms with van der Waals surface area (Å²) in [5.41, 5.74) is 1.92. The summed E-state index contributed by atoms with van der Waals surface area (Å²) in [6.45, 7) is 3.89. The minimum Gasteiger partial charge on any atom is -0.268 e. The number of rotatable bonds is 4. The number of aryl methyl sites for hydroxylation is 2. The Hall–Kier alpha value is -3.02. The highest BCUT2D eigenvalue weighted by Crippen LogP contribution is 2.37. The largest absolute Gasteiger partial charge is 0.283 e. The average molecular weight is 324 g/mol. The van der Waals surface area contributed by atoms with Crippen LogP contribution in [0.1, 0.15) is 45.7 Å². The van der Waals surface area contributed by atoms with Crippen LogP contribution in [0.2, 0.25) is 0 Å². The van der Waals surface area contributed by atoms with Gasteiger partial charge in [-0.3, -0.25) is 19.7 Å². The predicted octanol–water partition coefficient (Wildman–Crippen LogP) is 3.52. The number of para-hydroxylation sites is 1. The van der Waals surface area contributed by atoms with Crippen LogP contribution in [0.5, 0.6) is 0 Å². The molecule has 6 nitrogen and oxygen atoms in total. The number of amides is 2. The fourth-order valence-corrected chi connectivity index (χ4v) is 3.13. The minimum atomic E-state index is -0.627. The maximum absolute atomic E-state index is 12.9. The number of carbonyl (C=O) groups is 2. The van der Waals surface area contributed by atoms with Gasteiger partial charge >= 0.3 is 0 Å². The molecular formula is C18H16N2O4. The van der Waals surface area contributed by atoms with E-state index in [0.29, 0.717) is 18.5 Å². The van der Waals surface area contributed by atoms with E-state index in [2.05, 4.69) is 0 Å². The summed E-state index contributed by atoms with van der Waals surface area (Å²) in [6, 6.07) is 9.77. The number of imide groups is 1. The molecule has 0 aliphatic carbocycles. The fraction of sp³-hybridized carbons (Fsp3) is 0.222. The molecule has 2 aromatic carbocycles. The molecule has 0 saturated heterocycles. The van der Waals surface area contributed by atoms with E-state index < -0.39 is 16.7 Å². The smallest absolute Gasteiger partial charge is 0.268 e. The first-order chi connectivity index (χ1) is 11.5. The van der Waals surface area contributed by atoms with E-state index in [1.54, 1.807) is 0 Å². The summed E-state index contributed by atoms with van der Waals surface area (Å²) in [4.78, 5) is 37.4. The van der Waals surface area contributed by atoms with E-state index >= 15 is 0 Å². The number of benzene rings is 2. The number of hydrogen-bond acceptors (Lipinski definition) is 4. The Kier molecular flexibility index (Phi) is 3.89. The summed E-state index contributed by atoms with van der Waals surface area (Å²) in [5, 5.41) is 11.2.